The molecule has 0 aliphatic rings. The van der Waals surface area contributed by atoms with Crippen LogP contribution in [0.1, 0.15) is 29.8 Å². The second kappa shape index (κ2) is 7.48. The third kappa shape index (κ3) is 3.03. The van der Waals surface area contributed by atoms with Crippen LogP contribution in [0.25, 0.3) is 28.1 Å². The highest BCUT2D eigenvalue weighted by Crippen LogP contribution is 2.26. The lowest BCUT2D eigenvalue weighted by molar-refractivity contribution is 0.0601. The molecule has 0 atom stereocenters. The Balaban J connectivity index is 2.16. The molecule has 2 heterocycles. The van der Waals surface area contributed by atoms with Crippen LogP contribution in [0.2, 0.25) is 0 Å². The molecular formula is C23H21N5O2. The van der Waals surface area contributed by atoms with Crippen molar-refractivity contribution in [2.75, 3.05) is 7.11 Å². The van der Waals surface area contributed by atoms with E-state index in [1.54, 1.807) is 16.5 Å². The van der Waals surface area contributed by atoms with E-state index in [-0.39, 0.29) is 11.1 Å². The summed E-state index contributed by atoms with van der Waals surface area (Å²) in [6.45, 7) is 4.89. The van der Waals surface area contributed by atoms with Crippen LogP contribution in [0.5, 0.6) is 0 Å². The maximum atomic E-state index is 12.1. The molecule has 2 aromatic heterocycles. The highest BCUT2D eigenvalue weighted by atomic mass is 16.5. The number of fused-ring (bicyclic) bond motifs is 3. The zero-order chi connectivity index (χ0) is 21.4. The van der Waals surface area contributed by atoms with Gasteiger partial charge in [0.25, 0.3) is 0 Å². The van der Waals surface area contributed by atoms with Gasteiger partial charge in [0.2, 0.25) is 5.78 Å². The van der Waals surface area contributed by atoms with E-state index in [2.05, 4.69) is 19.9 Å². The zero-order valence-electron chi connectivity index (χ0n) is 17.0. The van der Waals surface area contributed by atoms with Gasteiger partial charge in [-0.3, -0.25) is 9.81 Å². The Hall–Kier alpha value is -3.92. The Bertz CT molecular complexity index is 1370. The highest BCUT2D eigenvalue weighted by Gasteiger charge is 2.20. The van der Waals surface area contributed by atoms with Gasteiger partial charge in [-0.1, -0.05) is 44.2 Å². The Morgan fingerprint density at radius 1 is 1.20 bits per heavy atom. The second-order valence-corrected chi connectivity index (χ2v) is 7.50. The Labute approximate surface area is 173 Å². The predicted molar refractivity (Wildman–Crippen MR) is 113 cm³/mol. The molecule has 0 unspecified atom stereocenters. The van der Waals surface area contributed by atoms with Gasteiger partial charge in [-0.2, -0.15) is 5.26 Å². The summed E-state index contributed by atoms with van der Waals surface area (Å²) in [7, 11) is 1.33. The Morgan fingerprint density at radius 3 is 2.57 bits per heavy atom. The first kappa shape index (κ1) is 19.4. The molecule has 0 spiro atoms. The standard InChI is InChI=1S/C23H21N5O2/c1-14(2)13-27-18-10-9-16(22(29)30-3)11-19(18)28-21(25)17(12-24)20(26-23(27)28)15-7-5-4-6-8-15/h4-11,14,25H,13H2,1-3H3. The number of benzene rings is 2. The van der Waals surface area contributed by atoms with Crippen LogP contribution in [-0.4, -0.2) is 27.0 Å². The molecule has 30 heavy (non-hydrogen) atoms. The first-order valence-electron chi connectivity index (χ1n) is 9.63. The van der Waals surface area contributed by atoms with Crippen LogP contribution in [0.3, 0.4) is 0 Å². The lowest BCUT2D eigenvalue weighted by Crippen LogP contribution is -2.20. The molecule has 0 radical (unpaired) electrons. The lowest BCUT2D eigenvalue weighted by atomic mass is 10.1. The SMILES string of the molecule is COC(=O)c1ccc2c(c1)n1c(=N)c(C#N)c(-c3ccccc3)nc1n2CC(C)C. The van der Waals surface area contributed by atoms with Gasteiger partial charge in [0, 0.05) is 12.1 Å². The summed E-state index contributed by atoms with van der Waals surface area (Å²) in [5, 5.41) is 18.6. The zero-order valence-corrected chi connectivity index (χ0v) is 17.0. The number of nitriles is 1. The fraction of sp³-hybridized carbons (Fsp3) is 0.217. The van der Waals surface area contributed by atoms with Crippen molar-refractivity contribution in [3.05, 3.63) is 65.1 Å². The predicted octanol–water partition coefficient (Wildman–Crippen LogP) is 3.75. The van der Waals surface area contributed by atoms with E-state index in [4.69, 9.17) is 15.1 Å². The molecule has 4 rings (SSSR count). The molecule has 0 aliphatic carbocycles. The van der Waals surface area contributed by atoms with Crippen molar-refractivity contribution < 1.29 is 9.53 Å². The van der Waals surface area contributed by atoms with Crippen LogP contribution in [0.4, 0.5) is 0 Å². The van der Waals surface area contributed by atoms with Gasteiger partial charge in [-0.25, -0.2) is 9.78 Å². The summed E-state index contributed by atoms with van der Waals surface area (Å²) in [6.07, 6.45) is 0. The molecule has 150 valence electrons. The van der Waals surface area contributed by atoms with Crippen molar-refractivity contribution >= 4 is 22.8 Å². The largest absolute Gasteiger partial charge is 0.465 e. The van der Waals surface area contributed by atoms with Crippen LogP contribution >= 0.6 is 0 Å². The number of nitrogens with zero attached hydrogens (tertiary/aromatic N) is 4. The topological polar surface area (TPSA) is 96.2 Å². The van der Waals surface area contributed by atoms with E-state index >= 15 is 0 Å². The normalized spacial score (nSPS) is 11.2. The molecule has 0 saturated heterocycles. The van der Waals surface area contributed by atoms with E-state index in [0.29, 0.717) is 35.0 Å². The number of aromatic nitrogens is 3. The minimum Gasteiger partial charge on any atom is -0.465 e. The fourth-order valence-corrected chi connectivity index (χ4v) is 3.68. The van der Waals surface area contributed by atoms with E-state index in [1.807, 2.05) is 41.0 Å². The van der Waals surface area contributed by atoms with E-state index in [9.17, 15) is 10.1 Å². The molecule has 0 aliphatic heterocycles. The van der Waals surface area contributed by atoms with Crippen molar-refractivity contribution in [2.45, 2.75) is 20.4 Å². The number of esters is 1. The monoisotopic (exact) mass is 399 g/mol. The summed E-state index contributed by atoms with van der Waals surface area (Å²) in [5.41, 5.74) is 3.34. The Kier molecular flexibility index (Phi) is 4.84. The van der Waals surface area contributed by atoms with Crippen molar-refractivity contribution in [1.29, 1.82) is 10.7 Å². The summed E-state index contributed by atoms with van der Waals surface area (Å²) < 4.78 is 8.52. The number of rotatable bonds is 4. The van der Waals surface area contributed by atoms with Crippen LogP contribution in [0.15, 0.2) is 48.5 Å². The second-order valence-electron chi connectivity index (χ2n) is 7.50. The number of nitrogens with one attached hydrogen (secondary N) is 1. The number of hydrogen-bond donors (Lipinski definition) is 1. The van der Waals surface area contributed by atoms with Gasteiger partial charge < -0.3 is 9.30 Å². The average molecular weight is 399 g/mol. The number of carbonyl (C=O) groups excluding carboxylic acids is 1. The molecule has 7 heteroatoms. The van der Waals surface area contributed by atoms with Crippen molar-refractivity contribution in [3.63, 3.8) is 0 Å². The molecular weight excluding hydrogens is 378 g/mol. The quantitative estimate of drug-likeness (QED) is 0.529. The molecule has 4 aromatic rings. The number of methoxy groups -OCH3 is 1. The summed E-state index contributed by atoms with van der Waals surface area (Å²) in [6, 6.07) is 16.8. The van der Waals surface area contributed by atoms with Gasteiger partial charge in [-0.15, -0.1) is 0 Å². The highest BCUT2D eigenvalue weighted by molar-refractivity contribution is 5.94. The molecule has 0 bridgehead atoms. The number of carbonyl (C=O) groups is 1. The van der Waals surface area contributed by atoms with Gasteiger partial charge in [0.05, 0.1) is 29.4 Å². The maximum absolute atomic E-state index is 12.1. The first-order chi connectivity index (χ1) is 14.5. The van der Waals surface area contributed by atoms with Crippen LogP contribution < -0.4 is 5.49 Å². The molecule has 0 amide bonds. The van der Waals surface area contributed by atoms with Crippen molar-refractivity contribution in [1.82, 2.24) is 14.0 Å². The van der Waals surface area contributed by atoms with Crippen molar-refractivity contribution in [3.8, 4) is 17.3 Å². The van der Waals surface area contributed by atoms with Gasteiger partial charge in [0.1, 0.15) is 11.6 Å². The van der Waals surface area contributed by atoms with Gasteiger partial charge >= 0.3 is 5.97 Å². The number of hydrogen-bond acceptors (Lipinski definition) is 5. The average Bonchev–Trinajstić information content (AvgIpc) is 3.06. The summed E-state index contributed by atoms with van der Waals surface area (Å²) in [5.74, 6) is 0.434. The molecule has 1 N–H and O–H groups in total. The van der Waals surface area contributed by atoms with Gasteiger partial charge in [-0.05, 0) is 24.1 Å². The number of imidazole rings is 1. The van der Waals surface area contributed by atoms with Crippen LogP contribution in [-0.2, 0) is 11.3 Å². The third-order valence-corrected chi connectivity index (χ3v) is 4.99. The molecule has 2 aromatic carbocycles. The van der Waals surface area contributed by atoms with E-state index < -0.39 is 5.97 Å². The minimum absolute atomic E-state index is 0.0378. The smallest absolute Gasteiger partial charge is 0.337 e. The molecule has 7 nitrogen and oxygen atoms in total. The van der Waals surface area contributed by atoms with Gasteiger partial charge in [0.15, 0.2) is 5.49 Å². The number of ether oxygens (including phenoxy) is 1. The van der Waals surface area contributed by atoms with E-state index in [1.165, 1.54) is 7.11 Å². The lowest BCUT2D eigenvalue weighted by Gasteiger charge is -2.10. The molecule has 0 saturated carbocycles. The Morgan fingerprint density at radius 2 is 1.93 bits per heavy atom. The maximum Gasteiger partial charge on any atom is 0.337 e. The third-order valence-electron chi connectivity index (χ3n) is 4.99. The fourth-order valence-electron chi connectivity index (χ4n) is 3.68. The first-order valence-corrected chi connectivity index (χ1v) is 9.63. The molecule has 0 fully saturated rings. The van der Waals surface area contributed by atoms with Crippen molar-refractivity contribution in [2.24, 2.45) is 5.92 Å². The van der Waals surface area contributed by atoms with E-state index in [0.717, 1.165) is 11.1 Å². The summed E-state index contributed by atoms with van der Waals surface area (Å²) in [4.78, 5) is 16.9. The summed E-state index contributed by atoms with van der Waals surface area (Å²) >= 11 is 0. The van der Waals surface area contributed by atoms with Crippen LogP contribution in [0, 0.1) is 22.7 Å². The minimum atomic E-state index is -0.455.